The monoisotopic (exact) mass is 299 g/mol. The van der Waals surface area contributed by atoms with Crippen LogP contribution in [0, 0.1) is 5.92 Å². The van der Waals surface area contributed by atoms with Crippen LogP contribution < -0.4 is 0 Å². The van der Waals surface area contributed by atoms with Crippen LogP contribution in [0.25, 0.3) is 0 Å². The van der Waals surface area contributed by atoms with E-state index in [0.717, 1.165) is 38.2 Å². The first-order valence-corrected chi connectivity index (χ1v) is 7.29. The number of carbonyl (C=O) groups is 1. The molecule has 0 unspecified atom stereocenters. The van der Waals surface area contributed by atoms with Crippen LogP contribution in [0.4, 0.5) is 13.2 Å². The van der Waals surface area contributed by atoms with Crippen LogP contribution in [0.15, 0.2) is 24.3 Å². The van der Waals surface area contributed by atoms with E-state index in [2.05, 4.69) is 0 Å². The molecule has 1 aliphatic rings. The second kappa shape index (κ2) is 6.50. The van der Waals surface area contributed by atoms with Gasteiger partial charge in [-0.2, -0.15) is 13.2 Å². The number of rotatable bonds is 3. The third-order valence-electron chi connectivity index (χ3n) is 4.06. The van der Waals surface area contributed by atoms with Crippen molar-refractivity contribution in [1.82, 2.24) is 4.90 Å². The van der Waals surface area contributed by atoms with Crippen LogP contribution in [0.1, 0.15) is 43.2 Å². The molecule has 0 heterocycles. The molecule has 0 radical (unpaired) electrons. The molecule has 1 amide bonds. The highest BCUT2D eigenvalue weighted by molar-refractivity contribution is 5.78. The molecule has 21 heavy (non-hydrogen) atoms. The predicted octanol–water partition coefficient (Wildman–Crippen LogP) is 4.24. The van der Waals surface area contributed by atoms with Crippen LogP contribution in [0.2, 0.25) is 0 Å². The van der Waals surface area contributed by atoms with Crippen molar-refractivity contribution in [2.24, 2.45) is 5.92 Å². The summed E-state index contributed by atoms with van der Waals surface area (Å²) in [5.41, 5.74) is -0.509. The number of alkyl halides is 3. The lowest BCUT2D eigenvalue weighted by atomic mass is 9.88. The Kier molecular flexibility index (Phi) is 4.91. The van der Waals surface area contributed by atoms with E-state index in [1.807, 2.05) is 0 Å². The van der Waals surface area contributed by atoms with E-state index in [1.165, 1.54) is 17.0 Å². The molecule has 1 aliphatic carbocycles. The Labute approximate surface area is 122 Å². The number of benzene rings is 1. The van der Waals surface area contributed by atoms with Crippen LogP contribution in [0.3, 0.4) is 0 Å². The van der Waals surface area contributed by atoms with Gasteiger partial charge in [0.2, 0.25) is 5.91 Å². The minimum Gasteiger partial charge on any atom is -0.341 e. The summed E-state index contributed by atoms with van der Waals surface area (Å²) < 4.78 is 38.9. The molecule has 2 rings (SSSR count). The van der Waals surface area contributed by atoms with Gasteiger partial charge < -0.3 is 4.90 Å². The van der Waals surface area contributed by atoms with Gasteiger partial charge in [-0.05, 0) is 24.5 Å². The highest BCUT2D eigenvalue weighted by Crippen LogP contribution is 2.33. The molecule has 0 atom stereocenters. The average Bonchev–Trinajstić information content (AvgIpc) is 2.47. The van der Waals surface area contributed by atoms with E-state index in [0.29, 0.717) is 0 Å². The molecule has 0 spiro atoms. The third kappa shape index (κ3) is 3.99. The molecule has 0 aliphatic heterocycles. The lowest BCUT2D eigenvalue weighted by Crippen LogP contribution is -2.34. The highest BCUT2D eigenvalue weighted by Gasteiger charge is 2.33. The van der Waals surface area contributed by atoms with E-state index in [4.69, 9.17) is 0 Å². The van der Waals surface area contributed by atoms with Crippen molar-refractivity contribution in [3.8, 4) is 0 Å². The fraction of sp³-hybridized carbons (Fsp3) is 0.562. The van der Waals surface area contributed by atoms with Gasteiger partial charge in [0.15, 0.2) is 0 Å². The lowest BCUT2D eigenvalue weighted by Gasteiger charge is -2.27. The summed E-state index contributed by atoms with van der Waals surface area (Å²) in [5, 5.41) is 0. The van der Waals surface area contributed by atoms with Crippen LogP contribution in [0.5, 0.6) is 0 Å². The van der Waals surface area contributed by atoms with Gasteiger partial charge in [0.1, 0.15) is 0 Å². The molecule has 1 aromatic rings. The largest absolute Gasteiger partial charge is 0.416 e. The van der Waals surface area contributed by atoms with E-state index in [9.17, 15) is 18.0 Å². The summed E-state index contributed by atoms with van der Waals surface area (Å²) in [5.74, 6) is -0.0616. The Hall–Kier alpha value is -1.52. The Balaban J connectivity index is 2.09. The van der Waals surface area contributed by atoms with Gasteiger partial charge in [0.25, 0.3) is 0 Å². The standard InChI is InChI=1S/C16H20F3NO/c1-20(15(21)12-7-3-2-4-8-12)11-13-9-5-6-10-14(13)16(17,18)19/h5-6,9-10,12H,2-4,7-8,11H2,1H3. The summed E-state index contributed by atoms with van der Waals surface area (Å²) in [6.07, 6.45) is 0.524. The Bertz CT molecular complexity index is 493. The molecule has 0 saturated heterocycles. The van der Waals surface area contributed by atoms with Crippen LogP contribution >= 0.6 is 0 Å². The molecule has 1 fully saturated rings. The molecular weight excluding hydrogens is 279 g/mol. The topological polar surface area (TPSA) is 20.3 Å². The maximum absolute atomic E-state index is 13.0. The fourth-order valence-electron chi connectivity index (χ4n) is 2.93. The van der Waals surface area contributed by atoms with E-state index in [-0.39, 0.29) is 23.9 Å². The first-order chi connectivity index (χ1) is 9.89. The zero-order chi connectivity index (χ0) is 15.5. The fourth-order valence-corrected chi connectivity index (χ4v) is 2.93. The second-order valence-corrected chi connectivity index (χ2v) is 5.68. The van der Waals surface area contributed by atoms with E-state index >= 15 is 0 Å². The van der Waals surface area contributed by atoms with Crippen molar-refractivity contribution in [2.45, 2.75) is 44.8 Å². The predicted molar refractivity (Wildman–Crippen MR) is 74.5 cm³/mol. The quantitative estimate of drug-likeness (QED) is 0.817. The first kappa shape index (κ1) is 15.9. The third-order valence-corrected chi connectivity index (χ3v) is 4.06. The SMILES string of the molecule is CN(Cc1ccccc1C(F)(F)F)C(=O)C1CCCCC1. The highest BCUT2D eigenvalue weighted by atomic mass is 19.4. The van der Waals surface area contributed by atoms with Gasteiger partial charge in [-0.1, -0.05) is 37.5 Å². The van der Waals surface area contributed by atoms with Gasteiger partial charge in [-0.15, -0.1) is 0 Å². The van der Waals surface area contributed by atoms with Crippen molar-refractivity contribution in [3.05, 3.63) is 35.4 Å². The molecule has 0 aromatic heterocycles. The van der Waals surface area contributed by atoms with Crippen molar-refractivity contribution >= 4 is 5.91 Å². The Morgan fingerprint density at radius 3 is 2.43 bits per heavy atom. The summed E-state index contributed by atoms with van der Waals surface area (Å²) >= 11 is 0. The Morgan fingerprint density at radius 2 is 1.81 bits per heavy atom. The number of amides is 1. The molecule has 1 aromatic carbocycles. The number of nitrogens with zero attached hydrogens (tertiary/aromatic N) is 1. The van der Waals surface area contributed by atoms with Crippen LogP contribution in [-0.2, 0) is 17.5 Å². The maximum Gasteiger partial charge on any atom is 0.416 e. The van der Waals surface area contributed by atoms with Crippen molar-refractivity contribution in [2.75, 3.05) is 7.05 Å². The van der Waals surface area contributed by atoms with Crippen LogP contribution in [-0.4, -0.2) is 17.9 Å². The Morgan fingerprint density at radius 1 is 1.19 bits per heavy atom. The van der Waals surface area contributed by atoms with Gasteiger partial charge in [-0.25, -0.2) is 0 Å². The van der Waals surface area contributed by atoms with E-state index < -0.39 is 11.7 Å². The number of carbonyl (C=O) groups excluding carboxylic acids is 1. The first-order valence-electron chi connectivity index (χ1n) is 7.29. The molecule has 0 N–H and O–H groups in total. The molecule has 5 heteroatoms. The minimum atomic E-state index is -4.38. The van der Waals surface area contributed by atoms with Gasteiger partial charge >= 0.3 is 6.18 Å². The van der Waals surface area contributed by atoms with Crippen molar-refractivity contribution in [1.29, 1.82) is 0 Å². The molecule has 2 nitrogen and oxygen atoms in total. The van der Waals surface area contributed by atoms with Crippen molar-refractivity contribution < 1.29 is 18.0 Å². The average molecular weight is 299 g/mol. The van der Waals surface area contributed by atoms with Gasteiger partial charge in [0, 0.05) is 19.5 Å². The summed E-state index contributed by atoms with van der Waals surface area (Å²) in [4.78, 5) is 13.7. The molecule has 0 bridgehead atoms. The van der Waals surface area contributed by atoms with E-state index in [1.54, 1.807) is 13.1 Å². The number of hydrogen-bond donors (Lipinski definition) is 0. The zero-order valence-corrected chi connectivity index (χ0v) is 12.1. The molecule has 1 saturated carbocycles. The normalized spacial score (nSPS) is 16.8. The molecular formula is C16H20F3NO. The second-order valence-electron chi connectivity index (χ2n) is 5.68. The van der Waals surface area contributed by atoms with Gasteiger partial charge in [-0.3, -0.25) is 4.79 Å². The minimum absolute atomic E-state index is 0.00498. The molecule has 116 valence electrons. The summed E-state index contributed by atoms with van der Waals surface area (Å²) in [6, 6.07) is 5.44. The number of hydrogen-bond acceptors (Lipinski definition) is 1. The zero-order valence-electron chi connectivity index (χ0n) is 12.1. The summed E-state index contributed by atoms with van der Waals surface area (Å²) in [6.45, 7) is 0.00498. The van der Waals surface area contributed by atoms with Gasteiger partial charge in [0.05, 0.1) is 5.56 Å². The number of halogens is 3. The summed E-state index contributed by atoms with van der Waals surface area (Å²) in [7, 11) is 1.59. The maximum atomic E-state index is 13.0. The van der Waals surface area contributed by atoms with Crippen molar-refractivity contribution in [3.63, 3.8) is 0 Å². The lowest BCUT2D eigenvalue weighted by molar-refractivity contribution is -0.140. The smallest absolute Gasteiger partial charge is 0.341 e.